The second-order valence-electron chi connectivity index (χ2n) is 4.95. The normalized spacial score (nSPS) is 10.7. The highest BCUT2D eigenvalue weighted by Crippen LogP contribution is 2.26. The highest BCUT2D eigenvalue weighted by atomic mass is 32.2. The van der Waals surface area contributed by atoms with Crippen LogP contribution in [-0.4, -0.2) is 28.5 Å². The summed E-state index contributed by atoms with van der Waals surface area (Å²) in [4.78, 5) is 11.2. The van der Waals surface area contributed by atoms with Crippen molar-refractivity contribution in [3.05, 3.63) is 29.3 Å². The second-order valence-corrected chi connectivity index (χ2v) is 5.99. The highest BCUT2D eigenvalue weighted by Gasteiger charge is 2.11. The Labute approximate surface area is 134 Å². The molecular formula is C16H20N2O3S. The molecule has 0 spiro atoms. The Morgan fingerprint density at radius 1 is 1.32 bits per heavy atom. The number of esters is 1. The van der Waals surface area contributed by atoms with Gasteiger partial charge in [-0.3, -0.25) is 4.79 Å². The quantitative estimate of drug-likeness (QED) is 0.439. The Kier molecular flexibility index (Phi) is 6.00. The van der Waals surface area contributed by atoms with Gasteiger partial charge >= 0.3 is 5.97 Å². The van der Waals surface area contributed by atoms with Crippen LogP contribution in [0.5, 0.6) is 0 Å². The van der Waals surface area contributed by atoms with Crippen LogP contribution in [0.1, 0.15) is 30.9 Å². The number of hydrogen-bond acceptors (Lipinski definition) is 6. The Morgan fingerprint density at radius 3 is 2.86 bits per heavy atom. The van der Waals surface area contributed by atoms with Gasteiger partial charge in [-0.1, -0.05) is 29.5 Å². The average Bonchev–Trinajstić information content (AvgIpc) is 2.92. The third-order valence-electron chi connectivity index (χ3n) is 3.07. The second kappa shape index (κ2) is 7.98. The minimum atomic E-state index is -0.162. The smallest absolute Gasteiger partial charge is 0.305 e. The third kappa shape index (κ3) is 4.59. The molecule has 0 aliphatic carbocycles. The minimum absolute atomic E-state index is 0.162. The first-order valence-corrected chi connectivity index (χ1v) is 8.28. The number of thioether (sulfide) groups is 1. The van der Waals surface area contributed by atoms with E-state index in [-0.39, 0.29) is 5.97 Å². The van der Waals surface area contributed by atoms with Crippen molar-refractivity contribution in [2.75, 3.05) is 12.4 Å². The summed E-state index contributed by atoms with van der Waals surface area (Å²) in [7, 11) is 0. The van der Waals surface area contributed by atoms with E-state index in [4.69, 9.17) is 9.15 Å². The van der Waals surface area contributed by atoms with Gasteiger partial charge < -0.3 is 9.15 Å². The molecule has 6 heteroatoms. The first-order valence-electron chi connectivity index (χ1n) is 7.29. The molecule has 0 N–H and O–H groups in total. The molecule has 0 saturated heterocycles. The average molecular weight is 320 g/mol. The van der Waals surface area contributed by atoms with E-state index in [1.54, 1.807) is 6.92 Å². The summed E-state index contributed by atoms with van der Waals surface area (Å²) in [6.45, 7) is 6.31. The lowest BCUT2D eigenvalue weighted by Gasteiger charge is -2.01. The molecule has 0 radical (unpaired) electrons. The maximum Gasteiger partial charge on any atom is 0.305 e. The molecule has 0 saturated carbocycles. The van der Waals surface area contributed by atoms with Gasteiger partial charge in [0.2, 0.25) is 5.89 Å². The summed E-state index contributed by atoms with van der Waals surface area (Å²) in [5, 5.41) is 8.66. The maximum absolute atomic E-state index is 11.2. The van der Waals surface area contributed by atoms with Gasteiger partial charge in [-0.2, -0.15) is 0 Å². The number of carbonyl (C=O) groups excluding carboxylic acids is 1. The highest BCUT2D eigenvalue weighted by molar-refractivity contribution is 7.99. The van der Waals surface area contributed by atoms with Crippen molar-refractivity contribution in [2.45, 2.75) is 38.8 Å². The van der Waals surface area contributed by atoms with Crippen molar-refractivity contribution in [2.24, 2.45) is 0 Å². The number of rotatable bonds is 7. The predicted octanol–water partition coefficient (Wildman–Crippen LogP) is 3.79. The van der Waals surface area contributed by atoms with Crippen molar-refractivity contribution in [3.63, 3.8) is 0 Å². The SMILES string of the molecule is CCOC(=O)CCCSc1nnc(-c2ccc(C)cc2C)o1. The van der Waals surface area contributed by atoms with E-state index in [1.807, 2.05) is 19.1 Å². The van der Waals surface area contributed by atoms with Gasteiger partial charge in [-0.05, 0) is 38.8 Å². The Balaban J connectivity index is 1.88. The molecule has 1 aromatic heterocycles. The topological polar surface area (TPSA) is 65.2 Å². The number of aryl methyl sites for hydroxylation is 2. The van der Waals surface area contributed by atoms with Crippen molar-refractivity contribution in [1.29, 1.82) is 0 Å². The van der Waals surface area contributed by atoms with Crippen LogP contribution in [0.15, 0.2) is 27.8 Å². The maximum atomic E-state index is 11.2. The lowest BCUT2D eigenvalue weighted by molar-refractivity contribution is -0.143. The van der Waals surface area contributed by atoms with Gasteiger partial charge in [-0.15, -0.1) is 10.2 Å². The number of carbonyl (C=O) groups is 1. The number of ether oxygens (including phenoxy) is 1. The molecule has 5 nitrogen and oxygen atoms in total. The largest absolute Gasteiger partial charge is 0.466 e. The number of benzene rings is 1. The van der Waals surface area contributed by atoms with Gasteiger partial charge in [-0.25, -0.2) is 0 Å². The zero-order valence-electron chi connectivity index (χ0n) is 13.1. The first kappa shape index (κ1) is 16.5. The standard InChI is InChI=1S/C16H20N2O3S/c1-4-20-14(19)6-5-9-22-16-18-17-15(21-16)13-8-7-11(2)10-12(13)3/h7-8,10H,4-6,9H2,1-3H3. The van der Waals surface area contributed by atoms with E-state index in [0.717, 1.165) is 23.3 Å². The molecule has 0 atom stereocenters. The Morgan fingerprint density at radius 2 is 2.14 bits per heavy atom. The van der Waals surface area contributed by atoms with Crippen LogP contribution >= 0.6 is 11.8 Å². The summed E-state index contributed by atoms with van der Waals surface area (Å²) >= 11 is 1.46. The van der Waals surface area contributed by atoms with E-state index in [0.29, 0.717) is 24.1 Å². The van der Waals surface area contributed by atoms with Crippen LogP contribution in [-0.2, 0) is 9.53 Å². The van der Waals surface area contributed by atoms with Crippen LogP contribution in [0.4, 0.5) is 0 Å². The lowest BCUT2D eigenvalue weighted by atomic mass is 10.1. The molecule has 0 amide bonds. The molecule has 0 bridgehead atoms. The van der Waals surface area contributed by atoms with Gasteiger partial charge in [0.1, 0.15) is 0 Å². The van der Waals surface area contributed by atoms with Crippen LogP contribution in [0.3, 0.4) is 0 Å². The van der Waals surface area contributed by atoms with Crippen molar-refractivity contribution >= 4 is 17.7 Å². The van der Waals surface area contributed by atoms with Crippen LogP contribution in [0.2, 0.25) is 0 Å². The molecule has 0 unspecified atom stereocenters. The fraction of sp³-hybridized carbons (Fsp3) is 0.438. The van der Waals surface area contributed by atoms with Gasteiger partial charge in [0, 0.05) is 17.7 Å². The van der Waals surface area contributed by atoms with E-state index < -0.39 is 0 Å². The molecular weight excluding hydrogens is 300 g/mol. The van der Waals surface area contributed by atoms with Crippen LogP contribution < -0.4 is 0 Å². The molecule has 0 aliphatic heterocycles. The molecule has 0 fully saturated rings. The summed E-state index contributed by atoms with van der Waals surface area (Å²) in [6, 6.07) is 6.11. The number of nitrogens with zero attached hydrogens (tertiary/aromatic N) is 2. The molecule has 1 aromatic carbocycles. The summed E-state index contributed by atoms with van der Waals surface area (Å²) in [5.74, 6) is 1.11. The molecule has 0 aliphatic rings. The summed E-state index contributed by atoms with van der Waals surface area (Å²) < 4.78 is 10.5. The molecule has 1 heterocycles. The number of aromatic nitrogens is 2. The molecule has 2 rings (SSSR count). The van der Waals surface area contributed by atoms with Gasteiger partial charge in [0.25, 0.3) is 5.22 Å². The van der Waals surface area contributed by atoms with E-state index in [1.165, 1.54) is 17.3 Å². The van der Waals surface area contributed by atoms with E-state index >= 15 is 0 Å². The summed E-state index contributed by atoms with van der Waals surface area (Å²) in [6.07, 6.45) is 1.14. The monoisotopic (exact) mass is 320 g/mol. The van der Waals surface area contributed by atoms with Crippen molar-refractivity contribution < 1.29 is 13.9 Å². The summed E-state index contributed by atoms with van der Waals surface area (Å²) in [5.41, 5.74) is 3.27. The third-order valence-corrected chi connectivity index (χ3v) is 3.98. The molecule has 22 heavy (non-hydrogen) atoms. The lowest BCUT2D eigenvalue weighted by Crippen LogP contribution is -2.03. The predicted molar refractivity (Wildman–Crippen MR) is 85.8 cm³/mol. The van der Waals surface area contributed by atoms with Gasteiger partial charge in [0.05, 0.1) is 6.61 Å². The minimum Gasteiger partial charge on any atom is -0.466 e. The van der Waals surface area contributed by atoms with Crippen molar-refractivity contribution in [1.82, 2.24) is 10.2 Å². The van der Waals surface area contributed by atoms with E-state index in [2.05, 4.69) is 23.2 Å². The Hall–Kier alpha value is -1.82. The van der Waals surface area contributed by atoms with Crippen molar-refractivity contribution in [3.8, 4) is 11.5 Å². The molecule has 2 aromatic rings. The Bertz CT molecular complexity index is 640. The van der Waals surface area contributed by atoms with Crippen LogP contribution in [0.25, 0.3) is 11.5 Å². The van der Waals surface area contributed by atoms with E-state index in [9.17, 15) is 4.79 Å². The van der Waals surface area contributed by atoms with Crippen LogP contribution in [0, 0.1) is 13.8 Å². The fourth-order valence-corrected chi connectivity index (χ4v) is 2.74. The fourth-order valence-electron chi connectivity index (χ4n) is 2.04. The zero-order valence-corrected chi connectivity index (χ0v) is 13.9. The molecule has 118 valence electrons. The zero-order chi connectivity index (χ0) is 15.9. The number of hydrogen-bond donors (Lipinski definition) is 0. The van der Waals surface area contributed by atoms with Gasteiger partial charge in [0.15, 0.2) is 0 Å². The first-order chi connectivity index (χ1) is 10.6.